The van der Waals surface area contributed by atoms with Gasteiger partial charge in [-0.2, -0.15) is 0 Å². The lowest BCUT2D eigenvalue weighted by atomic mass is 10.1. The van der Waals surface area contributed by atoms with Gasteiger partial charge in [0.1, 0.15) is 5.75 Å². The van der Waals surface area contributed by atoms with Gasteiger partial charge in [0.25, 0.3) is 0 Å². The highest BCUT2D eigenvalue weighted by Gasteiger charge is 2.18. The average molecular weight is 504 g/mol. The minimum atomic E-state index is -3.72. The Morgan fingerprint density at radius 2 is 1.65 bits per heavy atom. The summed E-state index contributed by atoms with van der Waals surface area (Å²) in [5.74, 6) is -0.832. The first kappa shape index (κ1) is 25.7. The molecule has 0 saturated carbocycles. The maximum atomic E-state index is 12.9. The van der Waals surface area contributed by atoms with E-state index in [0.717, 1.165) is 11.1 Å². The van der Waals surface area contributed by atoms with Crippen LogP contribution in [0.25, 0.3) is 0 Å². The number of hydrogen-bond donors (Lipinski definition) is 3. The normalized spacial score (nSPS) is 13.3. The summed E-state index contributed by atoms with van der Waals surface area (Å²) in [5, 5.41) is 22.9. The Morgan fingerprint density at radius 1 is 1.03 bits per heavy atom. The molecule has 3 aromatic rings. The maximum absolute atomic E-state index is 12.9. The van der Waals surface area contributed by atoms with Gasteiger partial charge < -0.3 is 20.3 Å². The molecule has 0 fully saturated rings. The van der Waals surface area contributed by atoms with E-state index in [1.165, 1.54) is 31.2 Å². The van der Waals surface area contributed by atoms with Crippen molar-refractivity contribution in [2.45, 2.75) is 35.3 Å². The number of hydrogen-bond acceptors (Lipinski definition) is 6. The molecule has 3 rings (SSSR count). The van der Waals surface area contributed by atoms with E-state index in [2.05, 4.69) is 5.32 Å². The number of carbonyl (C=O) groups is 1. The van der Waals surface area contributed by atoms with Gasteiger partial charge in [-0.1, -0.05) is 35.9 Å². The summed E-state index contributed by atoms with van der Waals surface area (Å²) >= 11 is 5.95. The molecule has 3 aromatic carbocycles. The molecule has 0 aliphatic carbocycles. The predicted octanol–water partition coefficient (Wildman–Crippen LogP) is 3.89. The van der Waals surface area contributed by atoms with Crippen LogP contribution in [0.2, 0.25) is 5.02 Å². The molecule has 0 unspecified atom stereocenters. The van der Waals surface area contributed by atoms with Crippen molar-refractivity contribution in [3.8, 4) is 5.75 Å². The number of aliphatic hydroxyl groups is 1. The van der Waals surface area contributed by atoms with Crippen LogP contribution < -0.4 is 10.1 Å². The first-order valence-corrected chi connectivity index (χ1v) is 12.5. The molecule has 0 aliphatic heterocycles. The monoisotopic (exact) mass is 503 g/mol. The van der Waals surface area contributed by atoms with Crippen LogP contribution in [0.5, 0.6) is 5.75 Å². The van der Waals surface area contributed by atoms with Crippen LogP contribution in [0.4, 0.5) is 0 Å². The summed E-state index contributed by atoms with van der Waals surface area (Å²) in [6.45, 7) is 2.38. The van der Waals surface area contributed by atoms with E-state index in [1.54, 1.807) is 42.5 Å². The Kier molecular flexibility index (Phi) is 8.68. The zero-order valence-corrected chi connectivity index (χ0v) is 20.1. The zero-order chi connectivity index (χ0) is 24.7. The molecule has 0 heterocycles. The number of carboxylic acids is 1. The predicted molar refractivity (Wildman–Crippen MR) is 129 cm³/mol. The average Bonchev–Trinajstić information content (AvgIpc) is 2.82. The molecule has 0 bridgehead atoms. The maximum Gasteiger partial charge on any atom is 0.344 e. The van der Waals surface area contributed by atoms with Crippen molar-refractivity contribution in [3.05, 3.63) is 88.9 Å². The minimum absolute atomic E-state index is 0.0900. The molecule has 0 aromatic heterocycles. The van der Waals surface area contributed by atoms with E-state index in [4.69, 9.17) is 21.4 Å². The van der Waals surface area contributed by atoms with Gasteiger partial charge in [0.05, 0.1) is 15.9 Å². The number of benzene rings is 3. The lowest BCUT2D eigenvalue weighted by molar-refractivity contribution is -0.144. The van der Waals surface area contributed by atoms with E-state index in [-0.39, 0.29) is 15.5 Å². The molecule has 0 amide bonds. The van der Waals surface area contributed by atoms with E-state index < -0.39 is 28.0 Å². The number of rotatable bonds is 11. The summed E-state index contributed by atoms with van der Waals surface area (Å²) in [6, 6.07) is 19.4. The molecule has 0 spiro atoms. The van der Waals surface area contributed by atoms with Crippen molar-refractivity contribution >= 4 is 27.4 Å². The fourth-order valence-electron chi connectivity index (χ4n) is 3.23. The zero-order valence-electron chi connectivity index (χ0n) is 18.5. The Balaban J connectivity index is 1.54. The van der Waals surface area contributed by atoms with Crippen LogP contribution in [0.15, 0.2) is 82.6 Å². The molecule has 180 valence electrons. The molecule has 0 radical (unpaired) electrons. The minimum Gasteiger partial charge on any atom is -0.479 e. The first-order valence-electron chi connectivity index (χ1n) is 10.6. The highest BCUT2D eigenvalue weighted by Crippen LogP contribution is 2.24. The van der Waals surface area contributed by atoms with Gasteiger partial charge in [0.15, 0.2) is 6.10 Å². The summed E-state index contributed by atoms with van der Waals surface area (Å²) in [4.78, 5) is 11.1. The van der Waals surface area contributed by atoms with Crippen LogP contribution in [0.3, 0.4) is 0 Å². The largest absolute Gasteiger partial charge is 0.479 e. The van der Waals surface area contributed by atoms with E-state index >= 15 is 0 Å². The molecule has 7 nitrogen and oxygen atoms in total. The van der Waals surface area contributed by atoms with Crippen molar-refractivity contribution < 1.29 is 28.2 Å². The third-order valence-electron chi connectivity index (χ3n) is 5.19. The molecular weight excluding hydrogens is 478 g/mol. The number of halogens is 1. The Morgan fingerprint density at radius 3 is 2.24 bits per heavy atom. The van der Waals surface area contributed by atoms with Gasteiger partial charge in [0, 0.05) is 11.6 Å². The molecule has 2 atom stereocenters. The summed E-state index contributed by atoms with van der Waals surface area (Å²) < 4.78 is 31.0. The molecule has 34 heavy (non-hydrogen) atoms. The highest BCUT2D eigenvalue weighted by atomic mass is 35.5. The van der Waals surface area contributed by atoms with E-state index in [9.17, 15) is 18.3 Å². The van der Waals surface area contributed by atoms with Crippen LogP contribution in [-0.4, -0.2) is 43.8 Å². The fraction of sp³-hybridized carbons (Fsp3) is 0.240. The summed E-state index contributed by atoms with van der Waals surface area (Å²) in [6.07, 6.45) is -1.05. The van der Waals surface area contributed by atoms with Crippen molar-refractivity contribution in [2.75, 3.05) is 13.1 Å². The third kappa shape index (κ3) is 6.80. The third-order valence-corrected chi connectivity index (χ3v) is 7.21. The first-order chi connectivity index (χ1) is 16.2. The lowest BCUT2D eigenvalue weighted by Gasteiger charge is -2.13. The van der Waals surface area contributed by atoms with Crippen molar-refractivity contribution in [3.63, 3.8) is 0 Å². The second-order valence-corrected chi connectivity index (χ2v) is 10.1. The highest BCUT2D eigenvalue weighted by molar-refractivity contribution is 7.91. The molecule has 0 aliphatic rings. The number of sulfone groups is 1. The smallest absolute Gasteiger partial charge is 0.344 e. The van der Waals surface area contributed by atoms with Crippen LogP contribution in [0.1, 0.15) is 24.2 Å². The standard InChI is InChI=1S/C25H26ClNO6S/c1-17(25(29)30)33-21-7-11-23(12-8-21)34(31,32)22-9-5-18(6-10-22)13-14-27-16-24(28)19-3-2-4-20(26)15-19/h2-12,15,17,24,27-28H,13-14,16H2,1H3,(H,29,30)/t17-,24-/m1/s1. The Bertz CT molecular complexity index is 1210. The second kappa shape index (κ2) is 11.5. The summed E-state index contributed by atoms with van der Waals surface area (Å²) in [5.41, 5.74) is 1.70. The Labute approximate surface area is 203 Å². The lowest BCUT2D eigenvalue weighted by Crippen LogP contribution is -2.23. The van der Waals surface area contributed by atoms with Gasteiger partial charge in [-0.15, -0.1) is 0 Å². The number of aliphatic carboxylic acids is 1. The van der Waals surface area contributed by atoms with Crippen LogP contribution in [0, 0.1) is 0 Å². The van der Waals surface area contributed by atoms with E-state index in [1.807, 2.05) is 6.07 Å². The topological polar surface area (TPSA) is 113 Å². The molecular formula is C25H26ClNO6S. The van der Waals surface area contributed by atoms with Gasteiger partial charge in [0.2, 0.25) is 9.84 Å². The molecule has 0 saturated heterocycles. The summed E-state index contributed by atoms with van der Waals surface area (Å²) in [7, 11) is -3.72. The van der Waals surface area contributed by atoms with Gasteiger partial charge in [-0.25, -0.2) is 13.2 Å². The van der Waals surface area contributed by atoms with E-state index in [0.29, 0.717) is 24.5 Å². The number of aliphatic hydroxyl groups excluding tert-OH is 1. The van der Waals surface area contributed by atoms with Crippen LogP contribution >= 0.6 is 11.6 Å². The molecule has 3 N–H and O–H groups in total. The van der Waals surface area contributed by atoms with Gasteiger partial charge >= 0.3 is 5.97 Å². The Hall–Kier alpha value is -2.91. The quantitative estimate of drug-likeness (QED) is 0.340. The molecule has 9 heteroatoms. The fourth-order valence-corrected chi connectivity index (χ4v) is 4.69. The van der Waals surface area contributed by atoms with Gasteiger partial charge in [-0.3, -0.25) is 0 Å². The van der Waals surface area contributed by atoms with Crippen molar-refractivity contribution in [1.29, 1.82) is 0 Å². The van der Waals surface area contributed by atoms with Gasteiger partial charge in [-0.05, 0) is 79.5 Å². The number of carboxylic acid groups (broad SMARTS) is 1. The number of ether oxygens (including phenoxy) is 1. The second-order valence-electron chi connectivity index (χ2n) is 7.74. The number of nitrogens with one attached hydrogen (secondary N) is 1. The van der Waals surface area contributed by atoms with Crippen LogP contribution in [-0.2, 0) is 21.1 Å². The van der Waals surface area contributed by atoms with Crippen molar-refractivity contribution in [2.24, 2.45) is 0 Å². The SMILES string of the molecule is C[C@@H](Oc1ccc(S(=O)(=O)c2ccc(CCNC[C@@H](O)c3cccc(Cl)c3)cc2)cc1)C(=O)O. The van der Waals surface area contributed by atoms with Crippen molar-refractivity contribution in [1.82, 2.24) is 5.32 Å².